The number of esters is 1. The highest BCUT2D eigenvalue weighted by Crippen LogP contribution is 2.42. The van der Waals surface area contributed by atoms with Crippen molar-refractivity contribution in [1.82, 2.24) is 0 Å². The molecule has 3 rings (SSSR count). The van der Waals surface area contributed by atoms with Crippen LogP contribution in [0.25, 0.3) is 0 Å². The Morgan fingerprint density at radius 1 is 1.20 bits per heavy atom. The van der Waals surface area contributed by atoms with Gasteiger partial charge >= 0.3 is 5.97 Å². The smallest absolute Gasteiger partial charge is 0.319 e. The van der Waals surface area contributed by atoms with Crippen LogP contribution in [0.3, 0.4) is 0 Å². The molecule has 2 unspecified atom stereocenters. The highest BCUT2D eigenvalue weighted by molar-refractivity contribution is 6.30. The van der Waals surface area contributed by atoms with Crippen molar-refractivity contribution in [2.75, 3.05) is 19.0 Å². The van der Waals surface area contributed by atoms with E-state index < -0.39 is 17.8 Å². The van der Waals surface area contributed by atoms with E-state index in [0.717, 1.165) is 11.1 Å². The van der Waals surface area contributed by atoms with Crippen molar-refractivity contribution in [3.63, 3.8) is 0 Å². The van der Waals surface area contributed by atoms with Crippen LogP contribution in [0.2, 0.25) is 5.02 Å². The predicted octanol–water partition coefficient (Wildman–Crippen LogP) is 3.61. The van der Waals surface area contributed by atoms with Crippen LogP contribution < -0.4 is 10.1 Å². The number of hydrogen-bond acceptors (Lipinski definition) is 4. The van der Waals surface area contributed by atoms with Gasteiger partial charge in [-0.1, -0.05) is 29.8 Å². The highest BCUT2D eigenvalue weighted by atomic mass is 35.5. The quantitative estimate of drug-likeness (QED) is 0.669. The summed E-state index contributed by atoms with van der Waals surface area (Å²) in [5, 5.41) is 3.38. The van der Waals surface area contributed by atoms with E-state index in [2.05, 4.69) is 5.32 Å². The molecule has 0 aliphatic carbocycles. The van der Waals surface area contributed by atoms with Gasteiger partial charge in [0.15, 0.2) is 0 Å². The Hall–Kier alpha value is -2.53. The zero-order valence-electron chi connectivity index (χ0n) is 13.9. The largest absolute Gasteiger partial charge is 0.497 e. The van der Waals surface area contributed by atoms with Crippen LogP contribution in [0.5, 0.6) is 5.75 Å². The number of benzene rings is 2. The Balaban J connectivity index is 2.13. The van der Waals surface area contributed by atoms with Gasteiger partial charge in [0.2, 0.25) is 5.91 Å². The molecular weight excluding hydrogens is 342 g/mol. The Labute approximate surface area is 150 Å². The van der Waals surface area contributed by atoms with Gasteiger partial charge in [-0.15, -0.1) is 0 Å². The molecule has 0 fully saturated rings. The topological polar surface area (TPSA) is 64.6 Å². The number of amides is 1. The molecule has 0 bridgehead atoms. The van der Waals surface area contributed by atoms with Crippen LogP contribution in [0, 0.1) is 5.92 Å². The van der Waals surface area contributed by atoms with Gasteiger partial charge in [-0.25, -0.2) is 0 Å². The fourth-order valence-electron chi connectivity index (χ4n) is 3.10. The first-order valence-corrected chi connectivity index (χ1v) is 8.33. The molecule has 0 radical (unpaired) electrons. The number of carbonyl (C=O) groups excluding carboxylic acids is 2. The molecule has 1 heterocycles. The molecule has 1 amide bonds. The van der Waals surface area contributed by atoms with Crippen molar-refractivity contribution in [1.29, 1.82) is 0 Å². The number of hydrogen-bond donors (Lipinski definition) is 1. The van der Waals surface area contributed by atoms with E-state index in [0.29, 0.717) is 16.5 Å². The number of nitrogens with one attached hydrogen (secondary N) is 1. The molecule has 0 saturated heterocycles. The maximum atomic E-state index is 12.6. The molecule has 25 heavy (non-hydrogen) atoms. The minimum atomic E-state index is -0.956. The van der Waals surface area contributed by atoms with Crippen LogP contribution in [-0.2, 0) is 14.3 Å². The van der Waals surface area contributed by atoms with Crippen molar-refractivity contribution >= 4 is 29.2 Å². The van der Waals surface area contributed by atoms with Gasteiger partial charge < -0.3 is 14.8 Å². The van der Waals surface area contributed by atoms with Gasteiger partial charge in [-0.3, -0.25) is 9.59 Å². The van der Waals surface area contributed by atoms with Gasteiger partial charge in [0.05, 0.1) is 13.7 Å². The van der Waals surface area contributed by atoms with Crippen LogP contribution in [0.1, 0.15) is 24.0 Å². The molecule has 1 N–H and O–H groups in total. The lowest BCUT2D eigenvalue weighted by molar-refractivity contribution is -0.151. The number of anilines is 1. The van der Waals surface area contributed by atoms with Crippen molar-refractivity contribution in [2.45, 2.75) is 12.8 Å². The highest BCUT2D eigenvalue weighted by Gasteiger charge is 2.42. The van der Waals surface area contributed by atoms with Crippen LogP contribution >= 0.6 is 11.6 Å². The average Bonchev–Trinajstić information content (AvgIpc) is 2.61. The second kappa shape index (κ2) is 7.15. The number of fused-ring (bicyclic) bond motifs is 1. The summed E-state index contributed by atoms with van der Waals surface area (Å²) in [5.74, 6) is -1.71. The third-order valence-corrected chi connectivity index (χ3v) is 4.49. The van der Waals surface area contributed by atoms with Crippen molar-refractivity contribution in [3.8, 4) is 5.75 Å². The SMILES string of the molecule is CCOC(=O)C1C(=O)Nc2cc(OC)ccc2C1c1ccc(Cl)cc1. The molecule has 0 saturated carbocycles. The fraction of sp³-hybridized carbons (Fsp3) is 0.263. The summed E-state index contributed by atoms with van der Waals surface area (Å²) in [6.07, 6.45) is 0. The molecule has 1 aliphatic heterocycles. The van der Waals surface area contributed by atoms with E-state index in [1.807, 2.05) is 18.2 Å². The first-order chi connectivity index (χ1) is 12.0. The Bertz CT molecular complexity index is 804. The standard InChI is InChI=1S/C19H18ClNO4/c1-3-25-19(23)17-16(11-4-6-12(20)7-5-11)14-9-8-13(24-2)10-15(14)21-18(17)22/h4-10,16-17H,3H2,1-2H3,(H,21,22). The maximum absolute atomic E-state index is 12.6. The van der Waals surface area contributed by atoms with Crippen LogP contribution in [0.15, 0.2) is 42.5 Å². The van der Waals surface area contributed by atoms with E-state index in [1.165, 1.54) is 0 Å². The van der Waals surface area contributed by atoms with Crippen molar-refractivity contribution < 1.29 is 19.1 Å². The molecule has 2 aromatic rings. The minimum Gasteiger partial charge on any atom is -0.497 e. The molecule has 5 nitrogen and oxygen atoms in total. The van der Waals surface area contributed by atoms with E-state index in [1.54, 1.807) is 38.3 Å². The molecule has 1 aliphatic rings. The third-order valence-electron chi connectivity index (χ3n) is 4.24. The summed E-state index contributed by atoms with van der Waals surface area (Å²) in [6.45, 7) is 1.93. The van der Waals surface area contributed by atoms with Crippen molar-refractivity contribution in [2.24, 2.45) is 5.92 Å². The lowest BCUT2D eigenvalue weighted by Gasteiger charge is -2.32. The molecule has 6 heteroatoms. The second-order valence-corrected chi connectivity index (χ2v) is 6.14. The normalized spacial score (nSPS) is 18.9. The molecule has 130 valence electrons. The Morgan fingerprint density at radius 3 is 2.56 bits per heavy atom. The molecule has 0 spiro atoms. The number of rotatable bonds is 4. The molecule has 0 aromatic heterocycles. The Kier molecular flexibility index (Phi) is 4.95. The summed E-state index contributed by atoms with van der Waals surface area (Å²) in [5.41, 5.74) is 2.29. The average molecular weight is 360 g/mol. The first-order valence-electron chi connectivity index (χ1n) is 7.96. The summed E-state index contributed by atoms with van der Waals surface area (Å²) < 4.78 is 10.4. The zero-order chi connectivity index (χ0) is 18.0. The summed E-state index contributed by atoms with van der Waals surface area (Å²) >= 11 is 5.98. The second-order valence-electron chi connectivity index (χ2n) is 5.70. The number of methoxy groups -OCH3 is 1. The predicted molar refractivity (Wildman–Crippen MR) is 95.0 cm³/mol. The van der Waals surface area contributed by atoms with Gasteiger partial charge in [0.1, 0.15) is 11.7 Å². The number of ether oxygens (including phenoxy) is 2. The Morgan fingerprint density at radius 2 is 1.92 bits per heavy atom. The van der Waals surface area contributed by atoms with Crippen LogP contribution in [0.4, 0.5) is 5.69 Å². The van der Waals surface area contributed by atoms with Crippen LogP contribution in [-0.4, -0.2) is 25.6 Å². The minimum absolute atomic E-state index is 0.214. The van der Waals surface area contributed by atoms with Gasteiger partial charge in [0, 0.05) is 22.7 Å². The molecule has 2 aromatic carbocycles. The van der Waals surface area contributed by atoms with E-state index in [4.69, 9.17) is 21.1 Å². The fourth-order valence-corrected chi connectivity index (χ4v) is 3.23. The van der Waals surface area contributed by atoms with E-state index in [-0.39, 0.29) is 12.5 Å². The zero-order valence-corrected chi connectivity index (χ0v) is 14.7. The lowest BCUT2D eigenvalue weighted by atomic mass is 9.77. The summed E-state index contributed by atoms with van der Waals surface area (Å²) in [4.78, 5) is 25.1. The monoisotopic (exact) mass is 359 g/mol. The number of halogens is 1. The summed E-state index contributed by atoms with van der Waals surface area (Å²) in [6, 6.07) is 12.6. The van der Waals surface area contributed by atoms with E-state index in [9.17, 15) is 9.59 Å². The molecular formula is C19H18ClNO4. The third kappa shape index (κ3) is 3.33. The van der Waals surface area contributed by atoms with Gasteiger partial charge in [-0.2, -0.15) is 0 Å². The van der Waals surface area contributed by atoms with Gasteiger partial charge in [0.25, 0.3) is 0 Å². The van der Waals surface area contributed by atoms with Crippen molar-refractivity contribution in [3.05, 3.63) is 58.6 Å². The summed E-state index contributed by atoms with van der Waals surface area (Å²) in [7, 11) is 1.56. The lowest BCUT2D eigenvalue weighted by Crippen LogP contribution is -2.40. The first kappa shape index (κ1) is 17.3. The molecule has 2 atom stereocenters. The number of carbonyl (C=O) groups is 2. The van der Waals surface area contributed by atoms with E-state index >= 15 is 0 Å². The maximum Gasteiger partial charge on any atom is 0.319 e. The van der Waals surface area contributed by atoms with Gasteiger partial charge in [-0.05, 0) is 36.2 Å².